The lowest BCUT2D eigenvalue weighted by molar-refractivity contribution is 0.0872. The molecule has 1 aliphatic rings. The number of pyridine rings is 1. The normalized spacial score (nSPS) is 15.3. The minimum Gasteiger partial charge on any atom is -0.343 e. The molecule has 0 saturated carbocycles. The molecule has 60 valence electrons. The number of amides is 1. The topological polar surface area (TPSA) is 59.1 Å². The zero-order valence-electron chi connectivity index (χ0n) is 6.20. The van der Waals surface area contributed by atoms with Gasteiger partial charge in [0, 0.05) is 6.20 Å². The number of carbonyl (C=O) groups is 2. The molecule has 0 aliphatic carbocycles. The molecule has 2 heterocycles. The maximum Gasteiger partial charge on any atom is 0.271 e. The summed E-state index contributed by atoms with van der Waals surface area (Å²) in [5.74, 6) is -0.358. The van der Waals surface area contributed by atoms with Crippen LogP contribution in [-0.2, 0) is 0 Å². The summed E-state index contributed by atoms with van der Waals surface area (Å²) >= 11 is 0. The highest BCUT2D eigenvalue weighted by Gasteiger charge is 2.23. The van der Waals surface area contributed by atoms with E-state index in [4.69, 9.17) is 0 Å². The van der Waals surface area contributed by atoms with E-state index < -0.39 is 0 Å². The van der Waals surface area contributed by atoms with E-state index in [-0.39, 0.29) is 23.9 Å². The molecule has 2 rings (SSSR count). The summed E-state index contributed by atoms with van der Waals surface area (Å²) in [4.78, 5) is 26.1. The third-order valence-electron chi connectivity index (χ3n) is 1.73. The van der Waals surface area contributed by atoms with Crippen LogP contribution in [0.25, 0.3) is 0 Å². The van der Waals surface area contributed by atoms with Crippen molar-refractivity contribution in [3.8, 4) is 0 Å². The van der Waals surface area contributed by atoms with Crippen LogP contribution < -0.4 is 5.32 Å². The van der Waals surface area contributed by atoms with E-state index >= 15 is 0 Å². The Bertz CT molecular complexity index is 325. The monoisotopic (exact) mass is 162 g/mol. The van der Waals surface area contributed by atoms with E-state index in [1.807, 2.05) is 0 Å². The lowest BCUT2D eigenvalue weighted by atomic mass is 10.1. The van der Waals surface area contributed by atoms with Gasteiger partial charge in [-0.2, -0.15) is 0 Å². The molecule has 4 heteroatoms. The second-order valence-corrected chi connectivity index (χ2v) is 2.51. The maximum atomic E-state index is 11.2. The van der Waals surface area contributed by atoms with Gasteiger partial charge < -0.3 is 5.32 Å². The quantitative estimate of drug-likeness (QED) is 0.584. The minimum absolute atomic E-state index is 0.0809. The average Bonchev–Trinajstić information content (AvgIpc) is 2.12. The Labute approximate surface area is 68.6 Å². The van der Waals surface area contributed by atoms with Gasteiger partial charge in [-0.25, -0.2) is 0 Å². The van der Waals surface area contributed by atoms with E-state index in [1.54, 1.807) is 12.1 Å². The lowest BCUT2D eigenvalue weighted by Crippen LogP contribution is -2.37. The zero-order valence-corrected chi connectivity index (χ0v) is 6.20. The van der Waals surface area contributed by atoms with Crippen molar-refractivity contribution in [1.29, 1.82) is 0 Å². The first-order valence-electron chi connectivity index (χ1n) is 3.55. The third-order valence-corrected chi connectivity index (χ3v) is 1.73. The van der Waals surface area contributed by atoms with Crippen LogP contribution in [0.15, 0.2) is 18.3 Å². The largest absolute Gasteiger partial charge is 0.343 e. The van der Waals surface area contributed by atoms with E-state index in [2.05, 4.69) is 10.3 Å². The van der Waals surface area contributed by atoms with Crippen molar-refractivity contribution in [2.45, 2.75) is 0 Å². The molecule has 0 fully saturated rings. The number of aromatic nitrogens is 1. The first-order valence-corrected chi connectivity index (χ1v) is 3.55. The van der Waals surface area contributed by atoms with Crippen molar-refractivity contribution >= 4 is 11.7 Å². The van der Waals surface area contributed by atoms with Crippen molar-refractivity contribution in [1.82, 2.24) is 10.3 Å². The number of hydrogen-bond acceptors (Lipinski definition) is 3. The first-order chi connectivity index (χ1) is 5.79. The first kappa shape index (κ1) is 6.97. The Hall–Kier alpha value is -1.71. The molecule has 0 unspecified atom stereocenters. The Morgan fingerprint density at radius 3 is 3.00 bits per heavy atom. The van der Waals surface area contributed by atoms with Gasteiger partial charge in [0.15, 0.2) is 5.78 Å². The number of nitrogens with one attached hydrogen (secondary N) is 1. The van der Waals surface area contributed by atoms with Gasteiger partial charge in [0.25, 0.3) is 5.91 Å². The summed E-state index contributed by atoms with van der Waals surface area (Å²) in [6.07, 6.45) is 1.50. The second-order valence-electron chi connectivity index (χ2n) is 2.51. The molecule has 0 aromatic carbocycles. The van der Waals surface area contributed by atoms with E-state index in [1.165, 1.54) is 6.20 Å². The molecule has 0 atom stereocenters. The van der Waals surface area contributed by atoms with Crippen molar-refractivity contribution < 1.29 is 9.59 Å². The smallest absolute Gasteiger partial charge is 0.271 e. The molecule has 0 bridgehead atoms. The predicted octanol–water partition coefficient (Wildman–Crippen LogP) is 0.00770. The van der Waals surface area contributed by atoms with Crippen LogP contribution in [0.1, 0.15) is 20.8 Å². The van der Waals surface area contributed by atoms with Crippen LogP contribution in [0.5, 0.6) is 0 Å². The fraction of sp³-hybridized carbons (Fsp3) is 0.125. The summed E-state index contributed by atoms with van der Waals surface area (Å²) in [5.41, 5.74) is 0.648. The highest BCUT2D eigenvalue weighted by atomic mass is 16.2. The highest BCUT2D eigenvalue weighted by molar-refractivity contribution is 6.12. The molecule has 12 heavy (non-hydrogen) atoms. The van der Waals surface area contributed by atoms with Crippen molar-refractivity contribution in [3.63, 3.8) is 0 Å². The molecule has 1 amide bonds. The number of fused-ring (bicyclic) bond motifs is 1. The van der Waals surface area contributed by atoms with Crippen LogP contribution in [-0.4, -0.2) is 23.2 Å². The number of Topliss-reactive ketones (excluding diaryl/α,β-unsaturated/α-hetero) is 1. The number of carbonyl (C=O) groups excluding carboxylic acids is 2. The van der Waals surface area contributed by atoms with Gasteiger partial charge in [-0.15, -0.1) is 0 Å². The zero-order chi connectivity index (χ0) is 8.55. The van der Waals surface area contributed by atoms with Gasteiger partial charge in [-0.05, 0) is 12.1 Å². The summed E-state index contributed by atoms with van der Waals surface area (Å²) in [6, 6.07) is 3.26. The number of rotatable bonds is 0. The van der Waals surface area contributed by atoms with Crippen LogP contribution in [0.4, 0.5) is 0 Å². The molecule has 0 spiro atoms. The third kappa shape index (κ3) is 0.887. The lowest BCUT2D eigenvalue weighted by Gasteiger charge is -2.12. The molecule has 4 nitrogen and oxygen atoms in total. The van der Waals surface area contributed by atoms with Gasteiger partial charge in [-0.1, -0.05) is 0 Å². The molecular weight excluding hydrogens is 156 g/mol. The van der Waals surface area contributed by atoms with Crippen LogP contribution in [0, 0.1) is 0 Å². The van der Waals surface area contributed by atoms with E-state index in [0.29, 0.717) is 5.56 Å². The van der Waals surface area contributed by atoms with Gasteiger partial charge in [-0.3, -0.25) is 14.6 Å². The summed E-state index contributed by atoms with van der Waals surface area (Å²) in [7, 11) is 0. The molecule has 0 radical (unpaired) electrons. The van der Waals surface area contributed by atoms with E-state index in [0.717, 1.165) is 0 Å². The second kappa shape index (κ2) is 2.41. The summed E-state index contributed by atoms with van der Waals surface area (Å²) in [6.45, 7) is 0.0809. The molecule has 1 aliphatic heterocycles. The predicted molar refractivity (Wildman–Crippen MR) is 40.9 cm³/mol. The molecule has 0 saturated heterocycles. The Morgan fingerprint density at radius 1 is 1.42 bits per heavy atom. The fourth-order valence-electron chi connectivity index (χ4n) is 1.15. The number of ketones is 1. The van der Waals surface area contributed by atoms with Crippen LogP contribution in [0.3, 0.4) is 0 Å². The van der Waals surface area contributed by atoms with Gasteiger partial charge in [0.05, 0.1) is 12.1 Å². The Morgan fingerprint density at radius 2 is 2.25 bits per heavy atom. The van der Waals surface area contributed by atoms with Crippen LogP contribution in [0.2, 0.25) is 0 Å². The van der Waals surface area contributed by atoms with Gasteiger partial charge >= 0.3 is 0 Å². The van der Waals surface area contributed by atoms with Crippen molar-refractivity contribution in [3.05, 3.63) is 29.6 Å². The molecule has 1 aromatic heterocycles. The van der Waals surface area contributed by atoms with Crippen molar-refractivity contribution in [2.24, 2.45) is 0 Å². The van der Waals surface area contributed by atoms with Gasteiger partial charge in [0.2, 0.25) is 0 Å². The highest BCUT2D eigenvalue weighted by Crippen LogP contribution is 2.09. The number of hydrogen-bond donors (Lipinski definition) is 1. The summed E-state index contributed by atoms with van der Waals surface area (Å²) in [5, 5.41) is 2.44. The Balaban J connectivity index is 2.62. The Kier molecular flexibility index (Phi) is 1.40. The van der Waals surface area contributed by atoms with Crippen molar-refractivity contribution in [2.75, 3.05) is 6.54 Å². The SMILES string of the molecule is O=C1CNC(=O)c2ncccc21. The number of nitrogens with zero attached hydrogens (tertiary/aromatic N) is 1. The van der Waals surface area contributed by atoms with Crippen LogP contribution >= 0.6 is 0 Å². The standard InChI is InChI=1S/C8H6N2O2/c11-6-4-10-8(12)7-5(6)2-1-3-9-7/h1-3H,4H2,(H,10,12). The maximum absolute atomic E-state index is 11.2. The minimum atomic E-state index is -0.273. The molecular formula is C8H6N2O2. The van der Waals surface area contributed by atoms with E-state index in [9.17, 15) is 9.59 Å². The van der Waals surface area contributed by atoms with Gasteiger partial charge in [0.1, 0.15) is 5.69 Å². The fourth-order valence-corrected chi connectivity index (χ4v) is 1.15. The average molecular weight is 162 g/mol. The molecule has 1 aromatic rings. The molecule has 1 N–H and O–H groups in total. The summed E-state index contributed by atoms with van der Waals surface area (Å²) < 4.78 is 0.